The molecule has 15 heavy (non-hydrogen) atoms. The van der Waals surface area contributed by atoms with Crippen LogP contribution >= 0.6 is 0 Å². The summed E-state index contributed by atoms with van der Waals surface area (Å²) in [5.74, 6) is -0.744. The summed E-state index contributed by atoms with van der Waals surface area (Å²) in [7, 11) is 0. The van der Waals surface area contributed by atoms with E-state index in [4.69, 9.17) is 4.74 Å². The summed E-state index contributed by atoms with van der Waals surface area (Å²) in [6.07, 6.45) is 1.34. The number of hydrogen-bond acceptors (Lipinski definition) is 5. The molecule has 0 bridgehead atoms. The Balaban J connectivity index is 0. The third-order valence-electron chi connectivity index (χ3n) is 1.12. The van der Waals surface area contributed by atoms with Crippen LogP contribution in [0.3, 0.4) is 0 Å². The first-order chi connectivity index (χ1) is 6.61. The SMILES string of the molecule is CCOC(=O)/C(=C/[O-])N=COC(C)C.[K+]. The summed E-state index contributed by atoms with van der Waals surface area (Å²) in [6, 6.07) is 0. The van der Waals surface area contributed by atoms with Gasteiger partial charge in [0, 0.05) is 0 Å². The maximum Gasteiger partial charge on any atom is 1.00 e. The molecule has 0 rings (SSSR count). The van der Waals surface area contributed by atoms with Crippen molar-refractivity contribution >= 4 is 12.4 Å². The molecule has 80 valence electrons. The van der Waals surface area contributed by atoms with E-state index in [1.807, 2.05) is 0 Å². The third-order valence-corrected chi connectivity index (χ3v) is 1.12. The number of nitrogens with zero attached hydrogens (tertiary/aromatic N) is 1. The zero-order valence-corrected chi connectivity index (χ0v) is 12.6. The fraction of sp³-hybridized carbons (Fsp3) is 0.556. The summed E-state index contributed by atoms with van der Waals surface area (Å²) in [5.41, 5.74) is -0.299. The summed E-state index contributed by atoms with van der Waals surface area (Å²) in [4.78, 5) is 14.5. The maximum absolute atomic E-state index is 11.0. The maximum atomic E-state index is 11.0. The van der Waals surface area contributed by atoms with Crippen molar-refractivity contribution in [2.75, 3.05) is 6.61 Å². The van der Waals surface area contributed by atoms with E-state index >= 15 is 0 Å². The molecule has 0 aliphatic carbocycles. The van der Waals surface area contributed by atoms with E-state index in [0.717, 1.165) is 6.40 Å². The predicted molar refractivity (Wildman–Crippen MR) is 49.4 cm³/mol. The predicted octanol–water partition coefficient (Wildman–Crippen LogP) is -2.79. The second-order valence-corrected chi connectivity index (χ2v) is 2.64. The van der Waals surface area contributed by atoms with E-state index in [0.29, 0.717) is 6.26 Å². The van der Waals surface area contributed by atoms with Crippen LogP contribution in [0.5, 0.6) is 0 Å². The van der Waals surface area contributed by atoms with E-state index in [1.54, 1.807) is 20.8 Å². The zero-order valence-electron chi connectivity index (χ0n) is 9.52. The number of esters is 1. The molecule has 0 spiro atoms. The molecule has 0 saturated heterocycles. The van der Waals surface area contributed by atoms with Crippen LogP contribution in [0, 0.1) is 0 Å². The average Bonchev–Trinajstić information content (AvgIpc) is 2.12. The minimum absolute atomic E-state index is 0. The summed E-state index contributed by atoms with van der Waals surface area (Å²) >= 11 is 0. The second kappa shape index (κ2) is 10.6. The number of carbonyl (C=O) groups excluding carboxylic acids is 1. The van der Waals surface area contributed by atoms with E-state index in [9.17, 15) is 9.90 Å². The molecule has 0 N–H and O–H groups in total. The molecule has 0 saturated carbocycles. The fourth-order valence-electron chi connectivity index (χ4n) is 0.545. The van der Waals surface area contributed by atoms with Crippen molar-refractivity contribution in [3.63, 3.8) is 0 Å². The molecule has 0 radical (unpaired) electrons. The number of ether oxygens (including phenoxy) is 2. The van der Waals surface area contributed by atoms with Crippen LogP contribution in [-0.4, -0.2) is 25.1 Å². The molecule has 0 aromatic rings. The molecule has 6 heteroatoms. The molecular weight excluding hydrogens is 225 g/mol. The van der Waals surface area contributed by atoms with E-state index in [2.05, 4.69) is 9.73 Å². The second-order valence-electron chi connectivity index (χ2n) is 2.64. The zero-order chi connectivity index (χ0) is 11.0. The third kappa shape index (κ3) is 9.07. The Morgan fingerprint density at radius 3 is 2.53 bits per heavy atom. The Morgan fingerprint density at radius 1 is 1.53 bits per heavy atom. The Morgan fingerprint density at radius 2 is 2.13 bits per heavy atom. The quantitative estimate of drug-likeness (QED) is 0.130. The summed E-state index contributed by atoms with van der Waals surface area (Å²) in [6.45, 7) is 5.46. The largest absolute Gasteiger partial charge is 1.00 e. The average molecular weight is 239 g/mol. The van der Waals surface area contributed by atoms with Crippen molar-refractivity contribution in [3.05, 3.63) is 12.0 Å². The first kappa shape index (κ1) is 17.5. The van der Waals surface area contributed by atoms with Gasteiger partial charge in [0.25, 0.3) is 0 Å². The molecule has 0 amide bonds. The van der Waals surface area contributed by atoms with Crippen molar-refractivity contribution in [3.8, 4) is 0 Å². The Kier molecular flexibility index (Phi) is 12.4. The van der Waals surface area contributed by atoms with E-state index in [-0.39, 0.29) is 69.8 Å². The molecule has 0 aliphatic heterocycles. The minimum Gasteiger partial charge on any atom is -0.876 e. The van der Waals surface area contributed by atoms with Crippen LogP contribution in [0.4, 0.5) is 0 Å². The van der Waals surface area contributed by atoms with Gasteiger partial charge in [-0.15, -0.1) is 6.26 Å². The molecule has 0 aromatic heterocycles. The number of aliphatic imine (C=N–C) groups is 1. The molecule has 0 unspecified atom stereocenters. The van der Waals surface area contributed by atoms with Gasteiger partial charge in [-0.25, -0.2) is 9.79 Å². The van der Waals surface area contributed by atoms with E-state index in [1.165, 1.54) is 0 Å². The normalized spacial score (nSPS) is 11.3. The van der Waals surface area contributed by atoms with Crippen LogP contribution in [-0.2, 0) is 14.3 Å². The minimum atomic E-state index is -0.744. The smallest absolute Gasteiger partial charge is 0.876 e. The fourth-order valence-corrected chi connectivity index (χ4v) is 0.545. The van der Waals surface area contributed by atoms with Gasteiger partial charge in [-0.3, -0.25) is 0 Å². The molecule has 5 nitrogen and oxygen atoms in total. The molecule has 0 aliphatic rings. The van der Waals surface area contributed by atoms with Crippen molar-refractivity contribution < 1.29 is 70.8 Å². The van der Waals surface area contributed by atoms with Crippen molar-refractivity contribution in [2.24, 2.45) is 4.99 Å². The van der Waals surface area contributed by atoms with Crippen LogP contribution in [0.15, 0.2) is 17.0 Å². The number of rotatable bonds is 5. The van der Waals surface area contributed by atoms with Gasteiger partial charge in [0.15, 0.2) is 6.40 Å². The summed E-state index contributed by atoms with van der Waals surface area (Å²) < 4.78 is 9.50. The Hall–Kier alpha value is 0.116. The van der Waals surface area contributed by atoms with Crippen LogP contribution < -0.4 is 56.5 Å². The van der Waals surface area contributed by atoms with Crippen LogP contribution in [0.25, 0.3) is 0 Å². The molecule has 0 heterocycles. The molecule has 0 aromatic carbocycles. The van der Waals surface area contributed by atoms with Gasteiger partial charge >= 0.3 is 57.4 Å². The molecular formula is C9H14KNO4. The Bertz CT molecular complexity index is 238. The number of hydrogen-bond donors (Lipinski definition) is 0. The van der Waals surface area contributed by atoms with Crippen molar-refractivity contribution in [1.82, 2.24) is 0 Å². The van der Waals surface area contributed by atoms with Gasteiger partial charge in [0.2, 0.25) is 0 Å². The van der Waals surface area contributed by atoms with Crippen LogP contribution in [0.2, 0.25) is 0 Å². The number of carbonyl (C=O) groups is 1. The van der Waals surface area contributed by atoms with Gasteiger partial charge in [0.1, 0.15) is 5.70 Å². The topological polar surface area (TPSA) is 71.0 Å². The summed E-state index contributed by atoms with van der Waals surface area (Å²) in [5, 5.41) is 10.4. The van der Waals surface area contributed by atoms with Gasteiger partial charge in [-0.2, -0.15) is 0 Å². The Labute approximate surface area is 132 Å². The van der Waals surface area contributed by atoms with Gasteiger partial charge in [-0.05, 0) is 20.8 Å². The molecule has 0 fully saturated rings. The van der Waals surface area contributed by atoms with Crippen molar-refractivity contribution in [1.29, 1.82) is 0 Å². The van der Waals surface area contributed by atoms with Gasteiger partial charge < -0.3 is 14.6 Å². The molecule has 0 atom stereocenters. The van der Waals surface area contributed by atoms with E-state index < -0.39 is 5.97 Å². The first-order valence-corrected chi connectivity index (χ1v) is 4.29. The van der Waals surface area contributed by atoms with Gasteiger partial charge in [-0.1, -0.05) is 0 Å². The van der Waals surface area contributed by atoms with Crippen LogP contribution in [0.1, 0.15) is 20.8 Å². The first-order valence-electron chi connectivity index (χ1n) is 4.29. The standard InChI is InChI=1S/C9H15NO4.K/c1-4-13-9(12)8(5-11)10-6-14-7(2)3;/h5-7,11H,4H2,1-3H3;/q;+1/p-1/b8-5-,10-6?;. The monoisotopic (exact) mass is 239 g/mol. The van der Waals surface area contributed by atoms with Crippen molar-refractivity contribution in [2.45, 2.75) is 26.9 Å². The van der Waals surface area contributed by atoms with Gasteiger partial charge in [0.05, 0.1) is 12.7 Å².